The van der Waals surface area contributed by atoms with Gasteiger partial charge in [0, 0.05) is 37.4 Å². The number of hydrogen-bond acceptors (Lipinski definition) is 6. The van der Waals surface area contributed by atoms with Gasteiger partial charge in [-0.2, -0.15) is 4.98 Å². The van der Waals surface area contributed by atoms with Crippen LogP contribution < -0.4 is 10.6 Å². The number of hydrogen-bond donors (Lipinski definition) is 2. The summed E-state index contributed by atoms with van der Waals surface area (Å²) in [6.07, 6.45) is 3.75. The van der Waals surface area contributed by atoms with E-state index in [2.05, 4.69) is 58.6 Å². The van der Waals surface area contributed by atoms with E-state index in [0.717, 1.165) is 62.0 Å². The zero-order valence-electron chi connectivity index (χ0n) is 18.2. The number of guanidine groups is 1. The number of nitrogens with zero attached hydrogens (tertiary/aromatic N) is 4. The Bertz CT molecular complexity index is 724. The molecule has 2 N–H and O–H groups in total. The van der Waals surface area contributed by atoms with Crippen molar-refractivity contribution < 1.29 is 9.05 Å². The van der Waals surface area contributed by atoms with Crippen LogP contribution in [0.2, 0.25) is 0 Å². The van der Waals surface area contributed by atoms with Crippen LogP contribution in [0.4, 0.5) is 0 Å². The number of nitrogens with one attached hydrogen (secondary N) is 2. The molecule has 0 saturated carbocycles. The number of rotatable bonds is 11. The zero-order chi connectivity index (χ0) is 20.4. The van der Waals surface area contributed by atoms with Crippen molar-refractivity contribution in [1.82, 2.24) is 25.9 Å². The highest BCUT2D eigenvalue weighted by Crippen LogP contribution is 2.22. The molecule has 0 radical (unpaired) electrons. The van der Waals surface area contributed by atoms with Crippen LogP contribution in [0.5, 0.6) is 0 Å². The topological polar surface area (TPSA) is 101 Å². The predicted octanol–water partition coefficient (Wildman–Crippen LogP) is 4.39. The number of halogens is 1. The molecule has 2 rings (SSSR count). The van der Waals surface area contributed by atoms with Gasteiger partial charge in [-0.3, -0.25) is 0 Å². The highest BCUT2D eigenvalue weighted by molar-refractivity contribution is 14.0. The molecule has 2 heterocycles. The molecule has 0 aliphatic rings. The molecule has 0 bridgehead atoms. The molecule has 9 heteroatoms. The molecule has 0 aliphatic heterocycles. The summed E-state index contributed by atoms with van der Waals surface area (Å²) in [6.45, 7) is 12.5. The molecule has 2 aromatic heterocycles. The normalized spacial score (nSPS) is 11.8. The largest absolute Gasteiger partial charge is 0.359 e. The van der Waals surface area contributed by atoms with Crippen molar-refractivity contribution in [1.29, 1.82) is 0 Å². The van der Waals surface area contributed by atoms with Gasteiger partial charge in [-0.25, -0.2) is 4.99 Å². The van der Waals surface area contributed by atoms with E-state index < -0.39 is 0 Å². The van der Waals surface area contributed by atoms with Gasteiger partial charge in [0.25, 0.3) is 0 Å². The molecule has 0 unspecified atom stereocenters. The smallest absolute Gasteiger partial charge is 0.226 e. The maximum atomic E-state index is 5.44. The average molecular weight is 518 g/mol. The van der Waals surface area contributed by atoms with Gasteiger partial charge in [0.2, 0.25) is 5.89 Å². The second kappa shape index (κ2) is 13.6. The summed E-state index contributed by atoms with van der Waals surface area (Å²) in [5.74, 6) is 3.72. The van der Waals surface area contributed by atoms with E-state index in [1.54, 1.807) is 0 Å². The minimum absolute atomic E-state index is 0. The lowest BCUT2D eigenvalue weighted by Gasteiger charge is -2.10. The summed E-state index contributed by atoms with van der Waals surface area (Å²) in [4.78, 5) is 8.99. The van der Waals surface area contributed by atoms with Crippen molar-refractivity contribution in [3.63, 3.8) is 0 Å². The van der Waals surface area contributed by atoms with Crippen molar-refractivity contribution >= 4 is 29.9 Å². The maximum absolute atomic E-state index is 5.44. The van der Waals surface area contributed by atoms with E-state index in [1.807, 2.05) is 13.0 Å². The first-order valence-electron chi connectivity index (χ1n) is 10.4. The summed E-state index contributed by atoms with van der Waals surface area (Å²) < 4.78 is 10.7. The molecule has 0 fully saturated rings. The standard InChI is InChI=1S/C20H34N6O2.HI/c1-6-15(7-2)17-12-16(27-25-17)13-23-20(21-8-3)22-11-9-10-18-24-19(14(4)5)26-28-18;/h12,14-15H,6-11,13H2,1-5H3,(H2,21,22,23);1H. The van der Waals surface area contributed by atoms with Gasteiger partial charge in [0.1, 0.15) is 6.54 Å². The monoisotopic (exact) mass is 518 g/mol. The fraction of sp³-hybridized carbons (Fsp3) is 0.700. The molecular weight excluding hydrogens is 483 g/mol. The SMILES string of the molecule is CCNC(=NCc1cc(C(CC)CC)no1)NCCCc1nc(C(C)C)no1.I. The van der Waals surface area contributed by atoms with E-state index in [0.29, 0.717) is 18.4 Å². The third-order valence-corrected chi connectivity index (χ3v) is 4.58. The highest BCUT2D eigenvalue weighted by Gasteiger charge is 2.13. The third kappa shape index (κ3) is 8.31. The molecule has 164 valence electrons. The van der Waals surface area contributed by atoms with Crippen LogP contribution in [0.15, 0.2) is 20.1 Å². The Labute approximate surface area is 190 Å². The fourth-order valence-corrected chi connectivity index (χ4v) is 2.85. The lowest BCUT2D eigenvalue weighted by Crippen LogP contribution is -2.37. The number of aliphatic imine (C=N–C) groups is 1. The Balaban J connectivity index is 0.00000420. The zero-order valence-corrected chi connectivity index (χ0v) is 20.5. The van der Waals surface area contributed by atoms with Crippen molar-refractivity contribution in [3.05, 3.63) is 29.2 Å². The second-order valence-electron chi connectivity index (χ2n) is 7.16. The van der Waals surface area contributed by atoms with Gasteiger partial charge in [0.05, 0.1) is 5.69 Å². The third-order valence-electron chi connectivity index (χ3n) is 4.58. The van der Waals surface area contributed by atoms with Gasteiger partial charge >= 0.3 is 0 Å². The fourth-order valence-electron chi connectivity index (χ4n) is 2.85. The average Bonchev–Trinajstić information content (AvgIpc) is 3.34. The quantitative estimate of drug-likeness (QED) is 0.197. The highest BCUT2D eigenvalue weighted by atomic mass is 127. The van der Waals surface area contributed by atoms with Gasteiger partial charge in [-0.15, -0.1) is 24.0 Å². The van der Waals surface area contributed by atoms with E-state index in [1.165, 1.54) is 0 Å². The lowest BCUT2D eigenvalue weighted by atomic mass is 9.99. The second-order valence-corrected chi connectivity index (χ2v) is 7.16. The van der Waals surface area contributed by atoms with Gasteiger partial charge in [-0.05, 0) is 26.2 Å². The summed E-state index contributed by atoms with van der Waals surface area (Å²) >= 11 is 0. The molecule has 0 aromatic carbocycles. The van der Waals surface area contributed by atoms with Crippen molar-refractivity contribution in [2.75, 3.05) is 13.1 Å². The first kappa shape index (κ1) is 25.4. The van der Waals surface area contributed by atoms with Crippen LogP contribution >= 0.6 is 24.0 Å². The van der Waals surface area contributed by atoms with Gasteiger partial charge in [-0.1, -0.05) is 38.0 Å². The molecule has 0 atom stereocenters. The Morgan fingerprint density at radius 1 is 1.10 bits per heavy atom. The lowest BCUT2D eigenvalue weighted by molar-refractivity contribution is 0.368. The van der Waals surface area contributed by atoms with Crippen LogP contribution in [-0.4, -0.2) is 34.3 Å². The Morgan fingerprint density at radius 3 is 2.48 bits per heavy atom. The van der Waals surface area contributed by atoms with Crippen LogP contribution in [0.25, 0.3) is 0 Å². The summed E-state index contributed by atoms with van der Waals surface area (Å²) in [7, 11) is 0. The molecule has 0 spiro atoms. The van der Waals surface area contributed by atoms with Crippen LogP contribution in [-0.2, 0) is 13.0 Å². The summed E-state index contributed by atoms with van der Waals surface area (Å²) in [6, 6.07) is 2.02. The molecule has 0 saturated heterocycles. The summed E-state index contributed by atoms with van der Waals surface area (Å²) in [5.41, 5.74) is 1.02. The van der Waals surface area contributed by atoms with Crippen LogP contribution in [0, 0.1) is 0 Å². The molecular formula is C20H35IN6O2. The van der Waals surface area contributed by atoms with E-state index in [9.17, 15) is 0 Å². The maximum Gasteiger partial charge on any atom is 0.226 e. The van der Waals surface area contributed by atoms with E-state index in [-0.39, 0.29) is 29.9 Å². The Morgan fingerprint density at radius 2 is 1.86 bits per heavy atom. The predicted molar refractivity (Wildman–Crippen MR) is 125 cm³/mol. The van der Waals surface area contributed by atoms with Crippen molar-refractivity contribution in [3.8, 4) is 0 Å². The van der Waals surface area contributed by atoms with Crippen molar-refractivity contribution in [2.24, 2.45) is 4.99 Å². The van der Waals surface area contributed by atoms with E-state index >= 15 is 0 Å². The van der Waals surface area contributed by atoms with E-state index in [4.69, 9.17) is 9.05 Å². The number of aryl methyl sites for hydroxylation is 1. The minimum atomic E-state index is 0. The minimum Gasteiger partial charge on any atom is -0.359 e. The van der Waals surface area contributed by atoms with Crippen LogP contribution in [0.3, 0.4) is 0 Å². The Hall–Kier alpha value is -1.65. The first-order chi connectivity index (χ1) is 13.6. The first-order valence-corrected chi connectivity index (χ1v) is 10.4. The van der Waals surface area contributed by atoms with Crippen LogP contribution in [0.1, 0.15) is 88.9 Å². The molecule has 2 aromatic rings. The van der Waals surface area contributed by atoms with Gasteiger partial charge in [0.15, 0.2) is 17.5 Å². The molecule has 8 nitrogen and oxygen atoms in total. The molecule has 0 amide bonds. The Kier molecular flexibility index (Phi) is 11.9. The summed E-state index contributed by atoms with van der Waals surface area (Å²) in [5, 5.41) is 14.8. The molecule has 29 heavy (non-hydrogen) atoms. The van der Waals surface area contributed by atoms with Crippen molar-refractivity contribution in [2.45, 2.75) is 78.7 Å². The molecule has 0 aliphatic carbocycles. The van der Waals surface area contributed by atoms with Gasteiger partial charge < -0.3 is 19.7 Å². The number of aromatic nitrogens is 3.